The van der Waals surface area contributed by atoms with Gasteiger partial charge in [0.15, 0.2) is 11.6 Å². The molecule has 3 nitrogen and oxygen atoms in total. The van der Waals surface area contributed by atoms with Gasteiger partial charge in [-0.25, -0.2) is 9.37 Å². The Hall–Kier alpha value is -0.810. The minimum atomic E-state index is -0.260. The number of halogens is 1. The molecule has 1 fully saturated rings. The van der Waals surface area contributed by atoms with E-state index in [0.717, 1.165) is 25.3 Å². The molecule has 0 spiro atoms. The monoisotopic (exact) mass is 269 g/mol. The lowest BCUT2D eigenvalue weighted by atomic mass is 10.1. The van der Waals surface area contributed by atoms with E-state index in [2.05, 4.69) is 18.8 Å². The van der Waals surface area contributed by atoms with E-state index in [9.17, 15) is 4.39 Å². The summed E-state index contributed by atoms with van der Waals surface area (Å²) in [6, 6.07) is 1.65. The molecule has 0 aromatic carbocycles. The smallest absolute Gasteiger partial charge is 0.170 e. The van der Waals surface area contributed by atoms with E-state index < -0.39 is 0 Å². The molecule has 0 radical (unpaired) electrons. The fourth-order valence-corrected chi connectivity index (χ4v) is 3.18. The van der Waals surface area contributed by atoms with Crippen LogP contribution in [-0.2, 0) is 6.54 Å². The molecule has 5 heteroatoms. The molecule has 0 saturated carbocycles. The van der Waals surface area contributed by atoms with Gasteiger partial charge < -0.3 is 10.6 Å². The summed E-state index contributed by atoms with van der Waals surface area (Å²) in [6.07, 6.45) is 2.68. The van der Waals surface area contributed by atoms with Crippen molar-refractivity contribution in [2.75, 3.05) is 23.7 Å². The van der Waals surface area contributed by atoms with Gasteiger partial charge in [0.05, 0.1) is 0 Å². The summed E-state index contributed by atoms with van der Waals surface area (Å²) in [5, 5.41) is 0. The Labute approximate surface area is 112 Å². The molecular formula is C13H20FN3S. The normalized spacial score (nSPS) is 19.7. The van der Waals surface area contributed by atoms with Gasteiger partial charge in [-0.3, -0.25) is 0 Å². The molecule has 0 aliphatic carbocycles. The van der Waals surface area contributed by atoms with Crippen molar-refractivity contribution in [3.63, 3.8) is 0 Å². The lowest BCUT2D eigenvalue weighted by Gasteiger charge is -2.24. The number of rotatable bonds is 2. The highest BCUT2D eigenvalue weighted by Crippen LogP contribution is 2.32. The number of anilines is 1. The van der Waals surface area contributed by atoms with Crippen molar-refractivity contribution in [3.8, 4) is 0 Å². The molecule has 18 heavy (non-hydrogen) atoms. The van der Waals surface area contributed by atoms with Crippen molar-refractivity contribution in [2.24, 2.45) is 5.73 Å². The van der Waals surface area contributed by atoms with Crippen LogP contribution in [0.25, 0.3) is 0 Å². The van der Waals surface area contributed by atoms with E-state index in [1.54, 1.807) is 12.3 Å². The summed E-state index contributed by atoms with van der Waals surface area (Å²) in [5.41, 5.74) is 6.07. The SMILES string of the molecule is CC1(C)CCN(c2nccc(CN)c2F)CCS1. The zero-order chi connectivity index (χ0) is 13.2. The van der Waals surface area contributed by atoms with Crippen LogP contribution in [0.15, 0.2) is 12.3 Å². The number of hydrogen-bond donors (Lipinski definition) is 1. The first-order valence-electron chi connectivity index (χ1n) is 6.26. The lowest BCUT2D eigenvalue weighted by Crippen LogP contribution is -2.29. The van der Waals surface area contributed by atoms with Gasteiger partial charge >= 0.3 is 0 Å². The number of nitrogens with two attached hydrogens (primary N) is 1. The van der Waals surface area contributed by atoms with Crippen LogP contribution >= 0.6 is 11.8 Å². The standard InChI is InChI=1S/C13H20FN3S/c1-13(2)4-6-17(7-8-18-13)12-11(14)10(9-15)3-5-16-12/h3,5H,4,6-9,15H2,1-2H3. The summed E-state index contributed by atoms with van der Waals surface area (Å²) < 4.78 is 14.5. The molecule has 0 atom stereocenters. The van der Waals surface area contributed by atoms with Crippen molar-refractivity contribution < 1.29 is 4.39 Å². The van der Waals surface area contributed by atoms with Crippen LogP contribution in [0, 0.1) is 5.82 Å². The predicted molar refractivity (Wildman–Crippen MR) is 75.5 cm³/mol. The highest BCUT2D eigenvalue weighted by Gasteiger charge is 2.25. The molecule has 2 rings (SSSR count). The summed E-state index contributed by atoms with van der Waals surface area (Å²) in [6.45, 7) is 6.38. The summed E-state index contributed by atoms with van der Waals surface area (Å²) in [4.78, 5) is 6.22. The van der Waals surface area contributed by atoms with Gasteiger partial charge in [0.2, 0.25) is 0 Å². The molecule has 2 heterocycles. The minimum Gasteiger partial charge on any atom is -0.353 e. The van der Waals surface area contributed by atoms with E-state index in [1.165, 1.54) is 0 Å². The van der Waals surface area contributed by atoms with Crippen LogP contribution in [0.2, 0.25) is 0 Å². The third kappa shape index (κ3) is 2.95. The summed E-state index contributed by atoms with van der Waals surface area (Å²) >= 11 is 1.94. The summed E-state index contributed by atoms with van der Waals surface area (Å²) in [5.74, 6) is 1.20. The zero-order valence-electron chi connectivity index (χ0n) is 10.9. The highest BCUT2D eigenvalue weighted by atomic mass is 32.2. The topological polar surface area (TPSA) is 42.2 Å². The molecular weight excluding hydrogens is 249 g/mol. The number of pyridine rings is 1. The van der Waals surface area contributed by atoms with Crippen molar-refractivity contribution in [1.82, 2.24) is 4.98 Å². The first kappa shape index (κ1) is 13.6. The van der Waals surface area contributed by atoms with Crippen molar-refractivity contribution in [3.05, 3.63) is 23.6 Å². The Kier molecular flexibility index (Phi) is 4.12. The third-order valence-electron chi connectivity index (χ3n) is 3.31. The fourth-order valence-electron chi connectivity index (χ4n) is 2.08. The largest absolute Gasteiger partial charge is 0.353 e. The second-order valence-corrected chi connectivity index (χ2v) is 6.96. The highest BCUT2D eigenvalue weighted by molar-refractivity contribution is 8.00. The molecule has 1 aromatic rings. The van der Waals surface area contributed by atoms with E-state index in [-0.39, 0.29) is 17.1 Å². The second kappa shape index (κ2) is 5.45. The third-order valence-corrected chi connectivity index (χ3v) is 4.68. The summed E-state index contributed by atoms with van der Waals surface area (Å²) in [7, 11) is 0. The quantitative estimate of drug-likeness (QED) is 0.895. The Morgan fingerprint density at radius 2 is 2.28 bits per heavy atom. The number of thioether (sulfide) groups is 1. The number of aromatic nitrogens is 1. The first-order valence-corrected chi connectivity index (χ1v) is 7.24. The van der Waals surface area contributed by atoms with Crippen LogP contribution in [-0.4, -0.2) is 28.6 Å². The molecule has 100 valence electrons. The lowest BCUT2D eigenvalue weighted by molar-refractivity contribution is 0.583. The number of nitrogens with zero attached hydrogens (tertiary/aromatic N) is 2. The van der Waals surface area contributed by atoms with Crippen LogP contribution < -0.4 is 10.6 Å². The number of hydrogen-bond acceptors (Lipinski definition) is 4. The van der Waals surface area contributed by atoms with Crippen molar-refractivity contribution >= 4 is 17.6 Å². The minimum absolute atomic E-state index is 0.218. The maximum absolute atomic E-state index is 14.2. The molecule has 0 unspecified atom stereocenters. The van der Waals surface area contributed by atoms with Gasteiger partial charge in [-0.2, -0.15) is 11.8 Å². The molecule has 2 N–H and O–H groups in total. The van der Waals surface area contributed by atoms with Crippen molar-refractivity contribution in [2.45, 2.75) is 31.6 Å². The molecule has 0 amide bonds. The van der Waals surface area contributed by atoms with E-state index in [1.807, 2.05) is 16.7 Å². The van der Waals surface area contributed by atoms with Gasteiger partial charge in [0, 0.05) is 41.9 Å². The maximum Gasteiger partial charge on any atom is 0.170 e. The van der Waals surface area contributed by atoms with Gasteiger partial charge in [-0.15, -0.1) is 0 Å². The van der Waals surface area contributed by atoms with Crippen LogP contribution in [0.5, 0.6) is 0 Å². The predicted octanol–water partition coefficient (Wildman–Crippen LogP) is 2.40. The van der Waals surface area contributed by atoms with E-state index >= 15 is 0 Å². The van der Waals surface area contributed by atoms with Crippen molar-refractivity contribution in [1.29, 1.82) is 0 Å². The maximum atomic E-state index is 14.2. The van der Waals surface area contributed by atoms with E-state index in [4.69, 9.17) is 5.73 Å². The average molecular weight is 269 g/mol. The van der Waals surface area contributed by atoms with Crippen LogP contribution in [0.4, 0.5) is 10.2 Å². The Balaban J connectivity index is 2.21. The average Bonchev–Trinajstić information content (AvgIpc) is 2.51. The molecule has 0 bridgehead atoms. The molecule has 1 saturated heterocycles. The molecule has 1 aromatic heterocycles. The van der Waals surface area contributed by atoms with Gasteiger partial charge in [-0.05, 0) is 12.5 Å². The zero-order valence-corrected chi connectivity index (χ0v) is 11.8. The van der Waals surface area contributed by atoms with E-state index in [0.29, 0.717) is 11.4 Å². The van der Waals surface area contributed by atoms with Gasteiger partial charge in [0.1, 0.15) is 0 Å². The molecule has 1 aliphatic rings. The first-order chi connectivity index (χ1) is 8.53. The second-order valence-electron chi connectivity index (χ2n) is 5.16. The van der Waals surface area contributed by atoms with Gasteiger partial charge in [-0.1, -0.05) is 13.8 Å². The Bertz CT molecular complexity index is 423. The van der Waals surface area contributed by atoms with Crippen LogP contribution in [0.3, 0.4) is 0 Å². The molecule has 1 aliphatic heterocycles. The van der Waals surface area contributed by atoms with Gasteiger partial charge in [0.25, 0.3) is 0 Å². The Morgan fingerprint density at radius 1 is 1.50 bits per heavy atom. The Morgan fingerprint density at radius 3 is 3.00 bits per heavy atom. The van der Waals surface area contributed by atoms with Crippen LogP contribution in [0.1, 0.15) is 25.8 Å². The fraction of sp³-hybridized carbons (Fsp3) is 0.615.